The number of amides is 1. The van der Waals surface area contributed by atoms with Gasteiger partial charge in [-0.25, -0.2) is 17.2 Å². The summed E-state index contributed by atoms with van der Waals surface area (Å²) in [5, 5.41) is 2.69. The number of ether oxygens (including phenoxy) is 1. The number of halogens is 2. The smallest absolute Gasteiger partial charge is 0.264 e. The normalized spacial score (nSPS) is 11.1. The van der Waals surface area contributed by atoms with E-state index >= 15 is 0 Å². The fourth-order valence-corrected chi connectivity index (χ4v) is 4.53. The summed E-state index contributed by atoms with van der Waals surface area (Å²) >= 11 is 0. The molecule has 0 aliphatic carbocycles. The van der Waals surface area contributed by atoms with Crippen molar-refractivity contribution in [3.05, 3.63) is 90.0 Å². The van der Waals surface area contributed by atoms with Crippen molar-refractivity contribution in [1.82, 2.24) is 5.32 Å². The van der Waals surface area contributed by atoms with Crippen LogP contribution in [0.2, 0.25) is 0 Å². The number of carbonyl (C=O) groups excluding carboxylic acids is 1. The second-order valence-electron chi connectivity index (χ2n) is 7.12. The zero-order valence-electron chi connectivity index (χ0n) is 18.0. The van der Waals surface area contributed by atoms with E-state index in [2.05, 4.69) is 5.32 Å². The molecule has 3 aromatic rings. The molecular weight excluding hydrogens is 450 g/mol. The summed E-state index contributed by atoms with van der Waals surface area (Å²) in [6.07, 6.45) is 0.458. The highest BCUT2D eigenvalue weighted by Gasteiger charge is 2.27. The van der Waals surface area contributed by atoms with Crippen LogP contribution in [0.25, 0.3) is 0 Å². The summed E-state index contributed by atoms with van der Waals surface area (Å²) in [5.41, 5.74) is 1.09. The molecule has 174 valence electrons. The largest absolute Gasteiger partial charge is 0.494 e. The lowest BCUT2D eigenvalue weighted by Crippen LogP contribution is -2.41. The summed E-state index contributed by atoms with van der Waals surface area (Å²) in [6.45, 7) is 2.05. The number of anilines is 1. The van der Waals surface area contributed by atoms with Crippen molar-refractivity contribution in [2.24, 2.45) is 0 Å². The topological polar surface area (TPSA) is 75.7 Å². The number of hydrogen-bond donors (Lipinski definition) is 1. The monoisotopic (exact) mass is 474 g/mol. The van der Waals surface area contributed by atoms with Crippen LogP contribution in [0.3, 0.4) is 0 Å². The van der Waals surface area contributed by atoms with Crippen molar-refractivity contribution >= 4 is 21.6 Å². The minimum atomic E-state index is -4.15. The Hall–Kier alpha value is -3.46. The van der Waals surface area contributed by atoms with E-state index in [4.69, 9.17) is 4.74 Å². The van der Waals surface area contributed by atoms with Crippen LogP contribution in [0.15, 0.2) is 77.7 Å². The third kappa shape index (κ3) is 6.52. The lowest BCUT2D eigenvalue weighted by Gasteiger charge is -2.24. The van der Waals surface area contributed by atoms with Gasteiger partial charge in [-0.05, 0) is 79.6 Å². The summed E-state index contributed by atoms with van der Waals surface area (Å²) < 4.78 is 59.2. The molecular formula is C24H24F2N2O4S. The standard InChI is InChI=1S/C24H24F2N2O4S/c1-2-32-22-11-9-21(10-12-22)28(33(30,31)23-13-7-20(26)8-14-23)17-24(29)27-16-15-18-3-5-19(25)6-4-18/h3-14H,2,15-17H2,1H3,(H,27,29). The maximum atomic E-state index is 13.3. The Morgan fingerprint density at radius 3 is 2.06 bits per heavy atom. The van der Waals surface area contributed by atoms with Gasteiger partial charge in [0, 0.05) is 6.54 Å². The predicted octanol–water partition coefficient (Wildman–Crippen LogP) is 3.92. The van der Waals surface area contributed by atoms with Crippen molar-refractivity contribution in [2.45, 2.75) is 18.2 Å². The number of sulfonamides is 1. The highest BCUT2D eigenvalue weighted by molar-refractivity contribution is 7.92. The Morgan fingerprint density at radius 2 is 1.48 bits per heavy atom. The highest BCUT2D eigenvalue weighted by atomic mass is 32.2. The van der Waals surface area contributed by atoms with Crippen molar-refractivity contribution in [2.75, 3.05) is 24.0 Å². The second kappa shape index (κ2) is 10.9. The summed E-state index contributed by atoms with van der Waals surface area (Å²) in [7, 11) is -4.15. The van der Waals surface area contributed by atoms with Crippen LogP contribution in [0.5, 0.6) is 5.75 Å². The van der Waals surface area contributed by atoms with Crippen molar-refractivity contribution < 1.29 is 26.7 Å². The van der Waals surface area contributed by atoms with Crippen molar-refractivity contribution in [3.63, 3.8) is 0 Å². The number of nitrogens with zero attached hydrogens (tertiary/aromatic N) is 1. The van der Waals surface area contributed by atoms with Crippen LogP contribution in [0.4, 0.5) is 14.5 Å². The molecule has 0 aromatic heterocycles. The molecule has 9 heteroatoms. The zero-order valence-corrected chi connectivity index (χ0v) is 18.8. The van der Waals surface area contributed by atoms with Gasteiger partial charge < -0.3 is 10.1 Å². The Morgan fingerprint density at radius 1 is 0.909 bits per heavy atom. The number of benzene rings is 3. The molecule has 0 aliphatic rings. The van der Waals surface area contributed by atoms with Crippen LogP contribution >= 0.6 is 0 Å². The molecule has 1 amide bonds. The number of hydrogen-bond acceptors (Lipinski definition) is 4. The molecule has 0 heterocycles. The summed E-state index contributed by atoms with van der Waals surface area (Å²) in [6, 6.07) is 16.6. The molecule has 0 atom stereocenters. The Balaban J connectivity index is 1.78. The first-order chi connectivity index (χ1) is 15.8. The average molecular weight is 475 g/mol. The number of nitrogens with one attached hydrogen (secondary N) is 1. The first-order valence-electron chi connectivity index (χ1n) is 10.3. The van der Waals surface area contributed by atoms with Gasteiger partial charge in [0.15, 0.2) is 0 Å². The van der Waals surface area contributed by atoms with Gasteiger partial charge in [-0.15, -0.1) is 0 Å². The third-order valence-corrected chi connectivity index (χ3v) is 6.56. The van der Waals surface area contributed by atoms with Gasteiger partial charge in [0.05, 0.1) is 17.2 Å². The van der Waals surface area contributed by atoms with Crippen molar-refractivity contribution in [1.29, 1.82) is 0 Å². The molecule has 0 spiro atoms. The Kier molecular flexibility index (Phi) is 8.00. The minimum absolute atomic E-state index is 0.142. The van der Waals surface area contributed by atoms with Crippen LogP contribution in [0.1, 0.15) is 12.5 Å². The van der Waals surface area contributed by atoms with Gasteiger partial charge in [0.25, 0.3) is 10.0 Å². The molecule has 33 heavy (non-hydrogen) atoms. The van der Waals surface area contributed by atoms with E-state index in [1.54, 1.807) is 24.3 Å². The van der Waals surface area contributed by atoms with Gasteiger partial charge in [-0.1, -0.05) is 12.1 Å². The molecule has 0 aliphatic heterocycles. The molecule has 0 bridgehead atoms. The zero-order chi connectivity index (χ0) is 23.8. The maximum absolute atomic E-state index is 13.3. The predicted molar refractivity (Wildman–Crippen MR) is 122 cm³/mol. The Bertz CT molecular complexity index is 1170. The molecule has 6 nitrogen and oxygen atoms in total. The van der Waals surface area contributed by atoms with Crippen LogP contribution in [-0.4, -0.2) is 34.0 Å². The molecule has 0 unspecified atom stereocenters. The molecule has 0 saturated carbocycles. The highest BCUT2D eigenvalue weighted by Crippen LogP contribution is 2.26. The van der Waals surface area contributed by atoms with Gasteiger partial charge in [0.1, 0.15) is 23.9 Å². The first-order valence-corrected chi connectivity index (χ1v) is 11.8. The Labute approximate surface area is 191 Å². The van der Waals surface area contributed by atoms with Gasteiger partial charge in [-0.2, -0.15) is 0 Å². The fraction of sp³-hybridized carbons (Fsp3) is 0.208. The van der Waals surface area contributed by atoms with E-state index < -0.39 is 28.3 Å². The van der Waals surface area contributed by atoms with Crippen LogP contribution in [0, 0.1) is 11.6 Å². The lowest BCUT2D eigenvalue weighted by atomic mass is 10.1. The number of rotatable bonds is 10. The molecule has 3 aromatic carbocycles. The number of carbonyl (C=O) groups is 1. The van der Waals surface area contributed by atoms with Crippen molar-refractivity contribution in [3.8, 4) is 5.75 Å². The van der Waals surface area contributed by atoms with E-state index in [0.29, 0.717) is 18.8 Å². The molecule has 3 rings (SSSR count). The quantitative estimate of drug-likeness (QED) is 0.483. The van der Waals surface area contributed by atoms with E-state index in [0.717, 1.165) is 34.1 Å². The summed E-state index contributed by atoms with van der Waals surface area (Å²) in [4.78, 5) is 12.5. The summed E-state index contributed by atoms with van der Waals surface area (Å²) in [5.74, 6) is -0.874. The third-order valence-electron chi connectivity index (χ3n) is 4.77. The van der Waals surface area contributed by atoms with Crippen LogP contribution in [-0.2, 0) is 21.2 Å². The van der Waals surface area contributed by atoms with Gasteiger partial charge in [0.2, 0.25) is 5.91 Å². The lowest BCUT2D eigenvalue weighted by molar-refractivity contribution is -0.119. The first kappa shape index (κ1) is 24.2. The van der Waals surface area contributed by atoms with E-state index in [-0.39, 0.29) is 22.9 Å². The fourth-order valence-electron chi connectivity index (χ4n) is 3.11. The molecule has 0 fully saturated rings. The van der Waals surface area contributed by atoms with Crippen LogP contribution < -0.4 is 14.4 Å². The molecule has 1 N–H and O–H groups in total. The molecule has 0 radical (unpaired) electrons. The van der Waals surface area contributed by atoms with Gasteiger partial charge >= 0.3 is 0 Å². The van der Waals surface area contributed by atoms with E-state index in [9.17, 15) is 22.0 Å². The van der Waals surface area contributed by atoms with E-state index in [1.807, 2.05) is 6.92 Å². The average Bonchev–Trinajstić information content (AvgIpc) is 2.80. The molecule has 0 saturated heterocycles. The second-order valence-corrected chi connectivity index (χ2v) is 8.98. The maximum Gasteiger partial charge on any atom is 0.264 e. The minimum Gasteiger partial charge on any atom is -0.494 e. The van der Waals surface area contributed by atoms with E-state index in [1.165, 1.54) is 24.3 Å². The SMILES string of the molecule is CCOc1ccc(N(CC(=O)NCCc2ccc(F)cc2)S(=O)(=O)c2ccc(F)cc2)cc1. The van der Waals surface area contributed by atoms with Gasteiger partial charge in [-0.3, -0.25) is 9.10 Å².